The quantitative estimate of drug-likeness (QED) is 0.131. The van der Waals surface area contributed by atoms with Gasteiger partial charge in [0.2, 0.25) is 0 Å². The van der Waals surface area contributed by atoms with E-state index in [-0.39, 0.29) is 21.8 Å². The molecule has 43 heavy (non-hydrogen) atoms. The summed E-state index contributed by atoms with van der Waals surface area (Å²) in [6.45, 7) is 6.23. The first kappa shape index (κ1) is 29.7. The van der Waals surface area contributed by atoms with Crippen LogP contribution in [0.5, 0.6) is 0 Å². The summed E-state index contributed by atoms with van der Waals surface area (Å²) in [6, 6.07) is 26.0. The van der Waals surface area contributed by atoms with Crippen LogP contribution in [0.1, 0.15) is 52.3 Å². The molecule has 1 amide bonds. The molecule has 0 spiro atoms. The van der Waals surface area contributed by atoms with Crippen molar-refractivity contribution in [2.24, 2.45) is 0 Å². The van der Waals surface area contributed by atoms with Crippen LogP contribution >= 0.6 is 11.6 Å². The van der Waals surface area contributed by atoms with Gasteiger partial charge in [-0.1, -0.05) is 67.1 Å². The number of halogens is 1. The van der Waals surface area contributed by atoms with Crippen molar-refractivity contribution in [3.63, 3.8) is 0 Å². The molecule has 0 fully saturated rings. The zero-order valence-corrected chi connectivity index (χ0v) is 24.9. The van der Waals surface area contributed by atoms with E-state index in [4.69, 9.17) is 16.6 Å². The van der Waals surface area contributed by atoms with Crippen LogP contribution in [0, 0.1) is 24.0 Å². The fraction of sp³-hybridized carbons (Fsp3) is 0.206. The minimum Gasteiger partial charge on any atom is -0.328 e. The van der Waals surface area contributed by atoms with E-state index >= 15 is 0 Å². The Morgan fingerprint density at radius 2 is 1.70 bits per heavy atom. The van der Waals surface area contributed by atoms with Gasteiger partial charge in [-0.2, -0.15) is 0 Å². The maximum absolute atomic E-state index is 14.3. The van der Waals surface area contributed by atoms with E-state index in [2.05, 4.69) is 0 Å². The summed E-state index contributed by atoms with van der Waals surface area (Å²) in [5.41, 5.74) is 4.03. The molecule has 4 aromatic carbocycles. The van der Waals surface area contributed by atoms with Gasteiger partial charge >= 0.3 is 0 Å². The molecule has 0 N–H and O–H groups in total. The van der Waals surface area contributed by atoms with Crippen LogP contribution in [0.3, 0.4) is 0 Å². The molecule has 0 radical (unpaired) electrons. The number of non-ortho nitro benzene ring substituents is 1. The fourth-order valence-corrected chi connectivity index (χ4v) is 5.52. The van der Waals surface area contributed by atoms with Crippen molar-refractivity contribution in [1.29, 1.82) is 0 Å². The number of rotatable bonds is 9. The van der Waals surface area contributed by atoms with Crippen molar-refractivity contribution >= 4 is 34.1 Å². The maximum atomic E-state index is 14.3. The van der Waals surface area contributed by atoms with E-state index in [9.17, 15) is 19.7 Å². The minimum absolute atomic E-state index is 0.0169. The Labute approximate surface area is 254 Å². The van der Waals surface area contributed by atoms with Gasteiger partial charge < -0.3 is 4.90 Å². The Hall–Kier alpha value is -4.82. The van der Waals surface area contributed by atoms with E-state index in [0.717, 1.165) is 16.7 Å². The lowest BCUT2D eigenvalue weighted by Crippen LogP contribution is -2.40. The van der Waals surface area contributed by atoms with Gasteiger partial charge in [0.15, 0.2) is 0 Å². The smallest absolute Gasteiger partial charge is 0.270 e. The summed E-state index contributed by atoms with van der Waals surface area (Å²) in [5, 5.41) is 11.8. The molecular formula is C34H31ClN4O4. The van der Waals surface area contributed by atoms with Crippen molar-refractivity contribution < 1.29 is 9.72 Å². The molecule has 0 aliphatic rings. The highest BCUT2D eigenvalue weighted by molar-refractivity contribution is 6.34. The molecule has 1 unspecified atom stereocenters. The number of hydrogen-bond donors (Lipinski definition) is 0. The fourth-order valence-electron chi connectivity index (χ4n) is 5.27. The third kappa shape index (κ3) is 6.05. The van der Waals surface area contributed by atoms with Gasteiger partial charge in [0.25, 0.3) is 17.2 Å². The Kier molecular flexibility index (Phi) is 8.68. The Morgan fingerprint density at radius 1 is 0.977 bits per heavy atom. The number of carbonyl (C=O) groups excluding carboxylic acids is 1. The van der Waals surface area contributed by atoms with Crippen LogP contribution in [-0.2, 0) is 6.42 Å². The number of nitrogens with zero attached hydrogens (tertiary/aromatic N) is 4. The number of hydrogen-bond acceptors (Lipinski definition) is 5. The Balaban J connectivity index is 1.70. The van der Waals surface area contributed by atoms with Crippen LogP contribution in [0.25, 0.3) is 16.6 Å². The van der Waals surface area contributed by atoms with E-state index in [1.54, 1.807) is 27.7 Å². The number of para-hydroxylation sites is 1. The highest BCUT2D eigenvalue weighted by Crippen LogP contribution is 2.31. The van der Waals surface area contributed by atoms with Gasteiger partial charge in [-0.15, -0.1) is 0 Å². The first-order valence-electron chi connectivity index (χ1n) is 14.1. The number of aromatic nitrogens is 2. The highest BCUT2D eigenvalue weighted by atomic mass is 35.5. The maximum Gasteiger partial charge on any atom is 0.270 e. The molecule has 0 bridgehead atoms. The van der Waals surface area contributed by atoms with Crippen LogP contribution in [0.4, 0.5) is 5.69 Å². The number of fused-ring (bicyclic) bond motifs is 1. The standard InChI is InChI=1S/C34H31ClN4O4/c1-4-31(32-36-30-13-9-8-12-28(30)34(41)38(32)25-15-14-22(2)23(3)20-25)37(19-18-24-10-6-5-7-11-24)33(40)27-17-16-26(39(42)43)21-29(27)35/h5-17,20-21,31H,4,18-19H2,1-3H3. The monoisotopic (exact) mass is 594 g/mol. The second kappa shape index (κ2) is 12.6. The van der Waals surface area contributed by atoms with Crippen LogP contribution in [0.15, 0.2) is 95.8 Å². The van der Waals surface area contributed by atoms with Crippen LogP contribution in [-0.4, -0.2) is 31.8 Å². The molecular weight excluding hydrogens is 564 g/mol. The summed E-state index contributed by atoms with van der Waals surface area (Å²) in [5.74, 6) is 0.0191. The lowest BCUT2D eigenvalue weighted by molar-refractivity contribution is -0.384. The summed E-state index contributed by atoms with van der Waals surface area (Å²) >= 11 is 6.46. The van der Waals surface area contributed by atoms with Gasteiger partial charge in [0, 0.05) is 18.7 Å². The number of amides is 1. The lowest BCUT2D eigenvalue weighted by atomic mass is 10.0. The molecule has 1 aromatic heterocycles. The molecule has 8 nitrogen and oxygen atoms in total. The summed E-state index contributed by atoms with van der Waals surface area (Å²) in [6.07, 6.45) is 0.982. The minimum atomic E-state index is -0.624. The van der Waals surface area contributed by atoms with Gasteiger partial charge in [0.05, 0.1) is 38.1 Å². The van der Waals surface area contributed by atoms with Gasteiger partial charge in [-0.25, -0.2) is 4.98 Å². The number of aryl methyl sites for hydroxylation is 2. The number of nitro benzene ring substituents is 1. The lowest BCUT2D eigenvalue weighted by Gasteiger charge is -2.33. The molecule has 5 aromatic rings. The molecule has 0 aliphatic carbocycles. The molecule has 1 heterocycles. The van der Waals surface area contributed by atoms with Crippen LogP contribution in [0.2, 0.25) is 5.02 Å². The van der Waals surface area contributed by atoms with Crippen molar-refractivity contribution in [3.05, 3.63) is 145 Å². The molecule has 1 atom stereocenters. The number of nitro groups is 1. The van der Waals surface area contributed by atoms with Crippen molar-refractivity contribution in [1.82, 2.24) is 14.5 Å². The predicted octanol–water partition coefficient (Wildman–Crippen LogP) is 7.40. The Bertz CT molecular complexity index is 1890. The molecule has 0 saturated heterocycles. The zero-order chi connectivity index (χ0) is 30.7. The van der Waals surface area contributed by atoms with E-state index in [1.165, 1.54) is 18.2 Å². The average Bonchev–Trinajstić information content (AvgIpc) is 3.01. The zero-order valence-electron chi connectivity index (χ0n) is 24.2. The third-order valence-corrected chi connectivity index (χ3v) is 8.06. The summed E-state index contributed by atoms with van der Waals surface area (Å²) in [4.78, 5) is 45.8. The van der Waals surface area contributed by atoms with Crippen LogP contribution < -0.4 is 5.56 Å². The summed E-state index contributed by atoms with van der Waals surface area (Å²) in [7, 11) is 0. The molecule has 9 heteroatoms. The van der Waals surface area contributed by atoms with Crippen molar-refractivity contribution in [2.45, 2.75) is 39.7 Å². The first-order chi connectivity index (χ1) is 20.7. The predicted molar refractivity (Wildman–Crippen MR) is 169 cm³/mol. The van der Waals surface area contributed by atoms with E-state index in [0.29, 0.717) is 41.8 Å². The van der Waals surface area contributed by atoms with Gasteiger partial charge in [-0.3, -0.25) is 24.3 Å². The SMILES string of the molecule is CCC(c1nc2ccccc2c(=O)n1-c1ccc(C)c(C)c1)N(CCc1ccccc1)C(=O)c1ccc([N+](=O)[O-])cc1Cl. The van der Waals surface area contributed by atoms with Gasteiger partial charge in [0.1, 0.15) is 5.82 Å². The molecule has 5 rings (SSSR count). The van der Waals surface area contributed by atoms with E-state index in [1.807, 2.05) is 75.4 Å². The summed E-state index contributed by atoms with van der Waals surface area (Å²) < 4.78 is 1.60. The van der Waals surface area contributed by atoms with Crippen molar-refractivity contribution in [3.8, 4) is 5.69 Å². The number of benzene rings is 4. The highest BCUT2D eigenvalue weighted by Gasteiger charge is 2.31. The first-order valence-corrected chi connectivity index (χ1v) is 14.5. The molecule has 0 aliphatic heterocycles. The molecule has 0 saturated carbocycles. The average molecular weight is 595 g/mol. The van der Waals surface area contributed by atoms with Gasteiger partial charge in [-0.05, 0) is 73.7 Å². The Morgan fingerprint density at radius 3 is 2.37 bits per heavy atom. The third-order valence-electron chi connectivity index (χ3n) is 7.75. The molecule has 218 valence electrons. The topological polar surface area (TPSA) is 98.3 Å². The number of carbonyl (C=O) groups is 1. The van der Waals surface area contributed by atoms with Crippen molar-refractivity contribution in [2.75, 3.05) is 6.54 Å². The second-order valence-corrected chi connectivity index (χ2v) is 10.9. The normalized spacial score (nSPS) is 11.8. The largest absolute Gasteiger partial charge is 0.328 e. The van der Waals surface area contributed by atoms with E-state index < -0.39 is 16.9 Å². The second-order valence-electron chi connectivity index (χ2n) is 10.5.